The molecule has 1 heterocycles. The molecule has 0 radical (unpaired) electrons. The van der Waals surface area contributed by atoms with Gasteiger partial charge in [0, 0.05) is 24.4 Å². The van der Waals surface area contributed by atoms with E-state index in [1.807, 2.05) is 0 Å². The Morgan fingerprint density at radius 3 is 2.85 bits per heavy atom. The number of nitrogens with zero attached hydrogens (tertiary/aromatic N) is 2. The van der Waals surface area contributed by atoms with Crippen molar-refractivity contribution in [2.75, 3.05) is 27.2 Å². The predicted molar refractivity (Wildman–Crippen MR) is 85.3 cm³/mol. The van der Waals surface area contributed by atoms with E-state index in [0.717, 1.165) is 13.0 Å². The maximum atomic E-state index is 2.62. The summed E-state index contributed by atoms with van der Waals surface area (Å²) in [5.74, 6) is 0. The molecule has 0 amide bonds. The van der Waals surface area contributed by atoms with Crippen molar-refractivity contribution in [2.45, 2.75) is 38.5 Å². The SMILES string of the molecule is CN(C)CCCN1C2=CCCC=C2CC2=C1CCC=C2. The van der Waals surface area contributed by atoms with Crippen molar-refractivity contribution in [1.82, 2.24) is 9.80 Å². The first-order valence-electron chi connectivity index (χ1n) is 7.96. The van der Waals surface area contributed by atoms with E-state index in [2.05, 4.69) is 48.2 Å². The van der Waals surface area contributed by atoms with Gasteiger partial charge < -0.3 is 9.80 Å². The van der Waals surface area contributed by atoms with Crippen LogP contribution in [-0.2, 0) is 0 Å². The van der Waals surface area contributed by atoms with E-state index in [1.165, 1.54) is 44.3 Å². The minimum absolute atomic E-state index is 1.15. The smallest absolute Gasteiger partial charge is 0.0400 e. The molecule has 20 heavy (non-hydrogen) atoms. The molecular weight excluding hydrogens is 244 g/mol. The molecule has 0 unspecified atom stereocenters. The summed E-state index contributed by atoms with van der Waals surface area (Å²) >= 11 is 0. The van der Waals surface area contributed by atoms with Crippen LogP contribution in [0.25, 0.3) is 0 Å². The zero-order chi connectivity index (χ0) is 13.9. The van der Waals surface area contributed by atoms with Crippen LogP contribution in [0, 0.1) is 0 Å². The molecule has 0 aromatic heterocycles. The fourth-order valence-electron chi connectivity index (χ4n) is 3.48. The first kappa shape index (κ1) is 13.7. The van der Waals surface area contributed by atoms with Gasteiger partial charge in [0.05, 0.1) is 0 Å². The average molecular weight is 270 g/mol. The summed E-state index contributed by atoms with van der Waals surface area (Å²) < 4.78 is 0. The van der Waals surface area contributed by atoms with Gasteiger partial charge in [0.15, 0.2) is 0 Å². The van der Waals surface area contributed by atoms with E-state index in [-0.39, 0.29) is 0 Å². The van der Waals surface area contributed by atoms with Crippen molar-refractivity contribution in [1.29, 1.82) is 0 Å². The van der Waals surface area contributed by atoms with E-state index in [9.17, 15) is 0 Å². The number of allylic oxidation sites excluding steroid dienone is 7. The molecule has 3 aliphatic rings. The van der Waals surface area contributed by atoms with Crippen LogP contribution in [0.3, 0.4) is 0 Å². The normalized spacial score (nSPS) is 21.6. The first-order valence-corrected chi connectivity index (χ1v) is 7.96. The van der Waals surface area contributed by atoms with Crippen LogP contribution in [0.2, 0.25) is 0 Å². The van der Waals surface area contributed by atoms with Crippen LogP contribution >= 0.6 is 0 Å². The van der Waals surface area contributed by atoms with Crippen LogP contribution in [0.15, 0.2) is 46.8 Å². The largest absolute Gasteiger partial charge is 0.345 e. The molecule has 0 fully saturated rings. The van der Waals surface area contributed by atoms with Crippen LogP contribution in [0.1, 0.15) is 38.5 Å². The second-order valence-corrected chi connectivity index (χ2v) is 6.29. The molecule has 3 rings (SSSR count). The second kappa shape index (κ2) is 6.01. The standard InChI is InChI=1S/C18H26N2/c1-19(2)12-7-13-20-17-10-5-3-8-15(17)14-16-9-4-6-11-18(16)20/h3,8-9,11H,4-7,10,12-14H2,1-2H3. The van der Waals surface area contributed by atoms with Crippen LogP contribution in [0.4, 0.5) is 0 Å². The predicted octanol–water partition coefficient (Wildman–Crippen LogP) is 3.85. The van der Waals surface area contributed by atoms with Gasteiger partial charge in [-0.1, -0.05) is 24.3 Å². The molecule has 1 aliphatic heterocycles. The number of hydrogen-bond acceptors (Lipinski definition) is 2. The monoisotopic (exact) mass is 270 g/mol. The Bertz CT molecular complexity index is 492. The highest BCUT2D eigenvalue weighted by atomic mass is 15.2. The van der Waals surface area contributed by atoms with Gasteiger partial charge in [0.1, 0.15) is 0 Å². The summed E-state index contributed by atoms with van der Waals surface area (Å²) in [5.41, 5.74) is 6.23. The van der Waals surface area contributed by atoms with Crippen LogP contribution in [-0.4, -0.2) is 37.0 Å². The summed E-state index contributed by atoms with van der Waals surface area (Å²) in [4.78, 5) is 4.91. The van der Waals surface area contributed by atoms with Gasteiger partial charge in [-0.3, -0.25) is 0 Å². The highest BCUT2D eigenvalue weighted by Gasteiger charge is 2.27. The molecule has 2 aliphatic carbocycles. The van der Waals surface area contributed by atoms with Gasteiger partial charge in [0.2, 0.25) is 0 Å². The maximum absolute atomic E-state index is 2.62. The molecule has 2 heteroatoms. The highest BCUT2D eigenvalue weighted by Crippen LogP contribution is 2.40. The molecule has 0 N–H and O–H groups in total. The molecule has 0 saturated carbocycles. The van der Waals surface area contributed by atoms with Gasteiger partial charge in [-0.05, 0) is 63.9 Å². The third-order valence-corrected chi connectivity index (χ3v) is 4.45. The molecule has 0 bridgehead atoms. The molecule has 0 saturated heterocycles. The zero-order valence-corrected chi connectivity index (χ0v) is 12.9. The summed E-state index contributed by atoms with van der Waals surface area (Å²) in [6.45, 7) is 2.33. The minimum atomic E-state index is 1.15. The van der Waals surface area contributed by atoms with Crippen molar-refractivity contribution in [3.63, 3.8) is 0 Å². The molecule has 0 aromatic rings. The Kier molecular flexibility index (Phi) is 4.11. The van der Waals surface area contributed by atoms with Gasteiger partial charge in [-0.25, -0.2) is 0 Å². The Labute approximate surface area is 123 Å². The van der Waals surface area contributed by atoms with Crippen molar-refractivity contribution >= 4 is 0 Å². The molecule has 0 atom stereocenters. The minimum Gasteiger partial charge on any atom is -0.345 e. The van der Waals surface area contributed by atoms with Crippen LogP contribution < -0.4 is 0 Å². The van der Waals surface area contributed by atoms with Gasteiger partial charge in [-0.2, -0.15) is 0 Å². The number of fused-ring (bicyclic) bond motifs is 1. The van der Waals surface area contributed by atoms with E-state index in [4.69, 9.17) is 0 Å². The van der Waals surface area contributed by atoms with E-state index in [1.54, 1.807) is 16.8 Å². The lowest BCUT2D eigenvalue weighted by molar-refractivity contribution is 0.337. The fraction of sp³-hybridized carbons (Fsp3) is 0.556. The lowest BCUT2D eigenvalue weighted by Gasteiger charge is -2.39. The average Bonchev–Trinajstić information content (AvgIpc) is 2.46. The second-order valence-electron chi connectivity index (χ2n) is 6.29. The summed E-state index contributed by atoms with van der Waals surface area (Å²) in [7, 11) is 4.32. The Hall–Kier alpha value is -1.28. The lowest BCUT2D eigenvalue weighted by Crippen LogP contribution is -2.32. The molecular formula is C18H26N2. The van der Waals surface area contributed by atoms with Gasteiger partial charge in [0.25, 0.3) is 0 Å². The summed E-state index contributed by atoms with van der Waals surface area (Å²) in [5, 5.41) is 0. The van der Waals surface area contributed by atoms with Crippen molar-refractivity contribution in [3.8, 4) is 0 Å². The Balaban J connectivity index is 1.83. The fourth-order valence-corrected chi connectivity index (χ4v) is 3.48. The molecule has 2 nitrogen and oxygen atoms in total. The number of hydrogen-bond donors (Lipinski definition) is 0. The third kappa shape index (κ3) is 2.76. The highest BCUT2D eigenvalue weighted by molar-refractivity contribution is 5.48. The molecule has 108 valence electrons. The molecule has 0 aromatic carbocycles. The lowest BCUT2D eigenvalue weighted by atomic mass is 9.86. The van der Waals surface area contributed by atoms with Gasteiger partial charge >= 0.3 is 0 Å². The van der Waals surface area contributed by atoms with E-state index >= 15 is 0 Å². The van der Waals surface area contributed by atoms with E-state index < -0.39 is 0 Å². The third-order valence-electron chi connectivity index (χ3n) is 4.45. The summed E-state index contributed by atoms with van der Waals surface area (Å²) in [6, 6.07) is 0. The van der Waals surface area contributed by atoms with Crippen molar-refractivity contribution in [3.05, 3.63) is 46.8 Å². The zero-order valence-electron chi connectivity index (χ0n) is 12.9. The van der Waals surface area contributed by atoms with Gasteiger partial charge in [-0.15, -0.1) is 0 Å². The Morgan fingerprint density at radius 1 is 1.15 bits per heavy atom. The Morgan fingerprint density at radius 2 is 2.00 bits per heavy atom. The van der Waals surface area contributed by atoms with Crippen molar-refractivity contribution in [2.24, 2.45) is 0 Å². The first-order chi connectivity index (χ1) is 9.75. The van der Waals surface area contributed by atoms with E-state index in [0.29, 0.717) is 0 Å². The quantitative estimate of drug-likeness (QED) is 0.765. The summed E-state index contributed by atoms with van der Waals surface area (Å²) in [6.07, 6.45) is 16.9. The topological polar surface area (TPSA) is 6.48 Å². The maximum Gasteiger partial charge on any atom is 0.0400 e. The van der Waals surface area contributed by atoms with Crippen molar-refractivity contribution < 1.29 is 0 Å². The molecule has 0 spiro atoms. The van der Waals surface area contributed by atoms with Crippen LogP contribution in [0.5, 0.6) is 0 Å². The number of rotatable bonds is 4.